The molecule has 4 aliphatic carbocycles. The predicted octanol–water partition coefficient (Wildman–Crippen LogP) is 2.82. The van der Waals surface area contributed by atoms with Crippen LogP contribution in [0.5, 0.6) is 0 Å². The Morgan fingerprint density at radius 2 is 1.72 bits per heavy atom. The van der Waals surface area contributed by atoms with E-state index in [1.165, 1.54) is 36.4 Å². The summed E-state index contributed by atoms with van der Waals surface area (Å²) < 4.78 is 6.65. The van der Waals surface area contributed by atoms with Crippen molar-refractivity contribution in [1.29, 1.82) is 0 Å². The normalized spacial score (nSPS) is 24.2. The zero-order chi connectivity index (χ0) is 30.8. The quantitative estimate of drug-likeness (QED) is 0.287. The zero-order valence-electron chi connectivity index (χ0n) is 24.7. The average Bonchev–Trinajstić information content (AvgIpc) is 3.31. The molecule has 0 saturated heterocycles. The lowest BCUT2D eigenvalue weighted by Gasteiger charge is -2.54. The van der Waals surface area contributed by atoms with Gasteiger partial charge >= 0.3 is 0 Å². The smallest absolute Gasteiger partial charge is 0.287 e. The topological polar surface area (TPSA) is 169 Å². The van der Waals surface area contributed by atoms with E-state index >= 15 is 0 Å². The van der Waals surface area contributed by atoms with Gasteiger partial charge in [-0.2, -0.15) is 0 Å². The summed E-state index contributed by atoms with van der Waals surface area (Å²) in [5.41, 5.74) is -0.439. The number of hydrogen-bond acceptors (Lipinski definition) is 7. The molecule has 2 aromatic rings. The van der Waals surface area contributed by atoms with Crippen LogP contribution in [0.2, 0.25) is 0 Å². The molecule has 12 nitrogen and oxygen atoms in total. The van der Waals surface area contributed by atoms with Crippen LogP contribution in [0.1, 0.15) is 72.5 Å². The first-order valence-corrected chi connectivity index (χ1v) is 14.9. The fourth-order valence-electron chi connectivity index (χ4n) is 7.41. The Balaban J connectivity index is 0.00000276. The number of furan rings is 1. The minimum atomic E-state index is -1.25. The number of carbonyl (C=O) groups is 5. The van der Waals surface area contributed by atoms with Crippen molar-refractivity contribution in [2.45, 2.75) is 77.4 Å². The molecular formula is C31H47N5O7. The van der Waals surface area contributed by atoms with Crippen LogP contribution < -0.4 is 26.8 Å². The molecule has 4 saturated carbocycles. The molecule has 4 bridgehead atoms. The van der Waals surface area contributed by atoms with E-state index in [4.69, 9.17) is 4.42 Å². The van der Waals surface area contributed by atoms with Gasteiger partial charge in [-0.05, 0) is 94.2 Å². The van der Waals surface area contributed by atoms with Crippen LogP contribution in [0.4, 0.5) is 5.69 Å². The maximum atomic E-state index is 13.3. The van der Waals surface area contributed by atoms with Gasteiger partial charge < -0.3 is 30.3 Å². The first-order valence-electron chi connectivity index (χ1n) is 14.9. The van der Waals surface area contributed by atoms with Gasteiger partial charge in [-0.1, -0.05) is 0 Å². The molecule has 2 heterocycles. The van der Waals surface area contributed by atoms with E-state index < -0.39 is 35.1 Å². The Morgan fingerprint density at radius 3 is 2.33 bits per heavy atom. The van der Waals surface area contributed by atoms with E-state index in [-0.39, 0.29) is 48.3 Å². The molecule has 4 amide bonds. The van der Waals surface area contributed by atoms with Crippen molar-refractivity contribution in [3.63, 3.8) is 0 Å². The number of pyridine rings is 1. The number of anilines is 1. The van der Waals surface area contributed by atoms with Crippen LogP contribution in [-0.2, 0) is 25.7 Å². The zero-order valence-corrected chi connectivity index (χ0v) is 24.7. The van der Waals surface area contributed by atoms with Crippen LogP contribution in [0, 0.1) is 37.5 Å². The third-order valence-corrected chi connectivity index (χ3v) is 9.19. The summed E-state index contributed by atoms with van der Waals surface area (Å²) in [4.78, 5) is 76.4. The highest BCUT2D eigenvalue weighted by molar-refractivity contribution is 6.36. The maximum absolute atomic E-state index is 13.3. The average molecular weight is 602 g/mol. The number of likely N-dealkylation sites (N-methyl/N-ethyl adjacent to an activating group) is 1. The molecule has 4 N–H and O–H groups in total. The van der Waals surface area contributed by atoms with Crippen molar-refractivity contribution in [3.05, 3.63) is 51.8 Å². The van der Waals surface area contributed by atoms with E-state index in [9.17, 15) is 28.8 Å². The Hall–Kier alpha value is -4.22. The number of aromatic nitrogens is 1. The van der Waals surface area contributed by atoms with Crippen molar-refractivity contribution in [1.82, 2.24) is 20.5 Å². The number of Topliss-reactive ketones (excluding diaryl/α,β-unsaturated/α-hetero) is 1. The number of aryl methyl sites for hydroxylation is 2. The number of nitrogens with zero attached hydrogens (tertiary/aromatic N) is 1. The Bertz CT molecular complexity index is 1480. The molecule has 0 unspecified atom stereocenters. The number of ketones is 1. The molecule has 2 aromatic heterocycles. The van der Waals surface area contributed by atoms with Crippen molar-refractivity contribution < 1.29 is 34.1 Å². The van der Waals surface area contributed by atoms with Gasteiger partial charge in [0.2, 0.25) is 17.6 Å². The summed E-state index contributed by atoms with van der Waals surface area (Å²) in [5.74, 6) is 0.262. The van der Waals surface area contributed by atoms with E-state index in [1.54, 1.807) is 19.9 Å². The fourth-order valence-corrected chi connectivity index (χ4v) is 7.41. The van der Waals surface area contributed by atoms with Gasteiger partial charge in [0.05, 0.1) is 5.56 Å². The third-order valence-electron chi connectivity index (χ3n) is 9.19. The van der Waals surface area contributed by atoms with Gasteiger partial charge in [-0.3, -0.25) is 28.8 Å². The molecule has 0 spiro atoms. The molecule has 238 valence electrons. The molecule has 4 aliphatic rings. The number of carbonyl (C=O) groups excluding carboxylic acids is 5. The molecule has 0 aromatic carbocycles. The van der Waals surface area contributed by atoms with Gasteiger partial charge in [0.1, 0.15) is 29.8 Å². The van der Waals surface area contributed by atoms with Gasteiger partial charge in [0.15, 0.2) is 0 Å². The molecule has 1 atom stereocenters. The molecule has 6 rings (SSSR count). The summed E-state index contributed by atoms with van der Waals surface area (Å²) in [6.45, 7) is 3.10. The van der Waals surface area contributed by atoms with Crippen molar-refractivity contribution in [2.24, 2.45) is 23.7 Å². The van der Waals surface area contributed by atoms with Crippen LogP contribution in [0.15, 0.2) is 33.6 Å². The second-order valence-electron chi connectivity index (χ2n) is 12.3. The second kappa shape index (κ2) is 12.6. The standard InChI is InChI=1S/C31H39N5O7.4H2/c1-16-9-22(17(2)43-16)28(39)33-23(6-7-25(37)30(41)32-3)29(40)34-24-5-4-8-36(31(24)42)15-26(38)35-27-20-11-18-10-19(13-20)14-21(27)12-18;;;;/h4-5,8-9,18-21,23,27H,6-7,10-15H2,1-3H3,(H,32,41)(H,33,39)(H,34,40)(H,35,38);4*1H/t18?,19?,20?,21?,23-,27?;;;;/m0..../s1. The monoisotopic (exact) mass is 601 g/mol. The van der Waals surface area contributed by atoms with Gasteiger partial charge in [-0.25, -0.2) is 0 Å². The second-order valence-corrected chi connectivity index (χ2v) is 12.3. The van der Waals surface area contributed by atoms with E-state index in [0.29, 0.717) is 23.4 Å². The van der Waals surface area contributed by atoms with Crippen LogP contribution in [0.3, 0.4) is 0 Å². The molecule has 43 heavy (non-hydrogen) atoms. The third kappa shape index (κ3) is 6.73. The highest BCUT2D eigenvalue weighted by Gasteiger charge is 2.48. The van der Waals surface area contributed by atoms with Crippen molar-refractivity contribution in [2.75, 3.05) is 12.4 Å². The van der Waals surface area contributed by atoms with E-state index in [2.05, 4.69) is 21.3 Å². The summed E-state index contributed by atoms with van der Waals surface area (Å²) in [6.07, 6.45) is 6.94. The fraction of sp³-hybridized carbons (Fsp3) is 0.548. The summed E-state index contributed by atoms with van der Waals surface area (Å²) in [7, 11) is 1.32. The molecule has 12 heteroatoms. The number of hydrogen-bond donors (Lipinski definition) is 4. The summed E-state index contributed by atoms with van der Waals surface area (Å²) in [6, 6.07) is 3.38. The maximum Gasteiger partial charge on any atom is 0.287 e. The van der Waals surface area contributed by atoms with Gasteiger partial charge in [0, 0.05) is 31.4 Å². The summed E-state index contributed by atoms with van der Waals surface area (Å²) in [5, 5.41) is 10.6. The summed E-state index contributed by atoms with van der Waals surface area (Å²) >= 11 is 0. The highest BCUT2D eigenvalue weighted by Crippen LogP contribution is 2.53. The highest BCUT2D eigenvalue weighted by atomic mass is 16.3. The largest absolute Gasteiger partial charge is 0.466 e. The number of amides is 4. The van der Waals surface area contributed by atoms with Crippen LogP contribution >= 0.6 is 0 Å². The minimum Gasteiger partial charge on any atom is -0.466 e. The van der Waals surface area contributed by atoms with Gasteiger partial charge in [0.25, 0.3) is 17.4 Å². The van der Waals surface area contributed by atoms with E-state index in [0.717, 1.165) is 37.5 Å². The SMILES string of the molecule is CNC(=O)C(=O)CC[C@H](NC(=O)c1cc(C)oc1C)C(=O)Nc1cccn(CC(=O)NC2C3CC4CC(C3)CC2C4)c1=O.[HH].[HH].[HH].[HH]. The number of rotatable bonds is 11. The Morgan fingerprint density at radius 1 is 1.05 bits per heavy atom. The van der Waals surface area contributed by atoms with Gasteiger partial charge in [-0.15, -0.1) is 0 Å². The first-order chi connectivity index (χ1) is 20.5. The minimum absolute atomic E-state index is 0. The predicted molar refractivity (Wildman–Crippen MR) is 165 cm³/mol. The lowest BCUT2D eigenvalue weighted by molar-refractivity contribution is -0.137. The molecule has 0 aliphatic heterocycles. The lowest BCUT2D eigenvalue weighted by Crippen LogP contribution is -2.56. The van der Waals surface area contributed by atoms with E-state index in [1.807, 2.05) is 0 Å². The Labute approximate surface area is 255 Å². The van der Waals surface area contributed by atoms with Crippen LogP contribution in [0.25, 0.3) is 0 Å². The lowest BCUT2D eigenvalue weighted by atomic mass is 9.54. The molecule has 0 radical (unpaired) electrons. The van der Waals surface area contributed by atoms with Crippen molar-refractivity contribution in [3.8, 4) is 0 Å². The van der Waals surface area contributed by atoms with Crippen LogP contribution in [-0.4, -0.2) is 53.1 Å². The first kappa shape index (κ1) is 30.2. The molecule has 4 fully saturated rings. The van der Waals surface area contributed by atoms with Crippen molar-refractivity contribution >= 4 is 35.1 Å². The molecular weight excluding hydrogens is 554 g/mol. The Kier molecular flexibility index (Phi) is 8.84. The number of nitrogens with one attached hydrogen (secondary N) is 4.